The fourth-order valence-electron chi connectivity index (χ4n) is 2.88. The van der Waals surface area contributed by atoms with Crippen molar-refractivity contribution in [2.45, 2.75) is 39.5 Å². The van der Waals surface area contributed by atoms with Crippen molar-refractivity contribution in [3.63, 3.8) is 0 Å². The average Bonchev–Trinajstić information content (AvgIpc) is 2.73. The molecule has 0 N–H and O–H groups in total. The van der Waals surface area contributed by atoms with Crippen LogP contribution in [-0.4, -0.2) is 24.6 Å². The number of rotatable bonds is 8. The minimum atomic E-state index is -0.616. The van der Waals surface area contributed by atoms with Crippen molar-refractivity contribution in [2.24, 2.45) is 11.3 Å². The van der Waals surface area contributed by atoms with Gasteiger partial charge >= 0.3 is 5.97 Å². The molecule has 1 fully saturated rings. The van der Waals surface area contributed by atoms with Gasteiger partial charge in [0.05, 0.1) is 12.5 Å². The Morgan fingerprint density at radius 3 is 2.76 bits per heavy atom. The number of ketones is 1. The highest BCUT2D eigenvalue weighted by atomic mass is 16.5. The molecule has 115 valence electrons. The van der Waals surface area contributed by atoms with E-state index in [2.05, 4.69) is 13.5 Å². The second kappa shape index (κ2) is 7.53. The Morgan fingerprint density at radius 1 is 1.52 bits per heavy atom. The van der Waals surface area contributed by atoms with Crippen LogP contribution in [0.15, 0.2) is 12.2 Å². The van der Waals surface area contributed by atoms with Gasteiger partial charge in [0.15, 0.2) is 0 Å². The second-order valence-electron chi connectivity index (χ2n) is 5.61. The summed E-state index contributed by atoms with van der Waals surface area (Å²) < 4.78 is 4.87. The topological polar surface area (TPSA) is 60.4 Å². The van der Waals surface area contributed by atoms with Crippen LogP contribution in [0.25, 0.3) is 0 Å². The largest absolute Gasteiger partial charge is 0.466 e. The molecule has 21 heavy (non-hydrogen) atoms. The summed E-state index contributed by atoms with van der Waals surface area (Å²) in [5.41, 5.74) is 0.170. The number of carbonyl (C=O) groups is 3. The maximum atomic E-state index is 12.2. The van der Waals surface area contributed by atoms with Crippen molar-refractivity contribution < 1.29 is 19.1 Å². The summed E-state index contributed by atoms with van der Waals surface area (Å²) in [6, 6.07) is 0. The number of hydrogen-bond donors (Lipinski definition) is 0. The molecule has 1 aliphatic rings. The highest BCUT2D eigenvalue weighted by molar-refractivity contribution is 5.90. The lowest BCUT2D eigenvalue weighted by Gasteiger charge is -2.31. The van der Waals surface area contributed by atoms with Gasteiger partial charge in [-0.2, -0.15) is 0 Å². The molecule has 0 aromatic rings. The monoisotopic (exact) mass is 291 g/mol. The Hall–Kier alpha value is -1.45. The van der Waals surface area contributed by atoms with Gasteiger partial charge < -0.3 is 9.53 Å². The summed E-state index contributed by atoms with van der Waals surface area (Å²) in [6.45, 7) is 11.5. The van der Waals surface area contributed by atoms with Crippen LogP contribution < -0.4 is 0 Å². The van der Waals surface area contributed by atoms with E-state index in [1.54, 1.807) is 13.3 Å². The molecule has 0 saturated heterocycles. The van der Waals surface area contributed by atoms with E-state index in [9.17, 15) is 14.4 Å². The molecule has 0 aliphatic heterocycles. The molecule has 0 aromatic carbocycles. The lowest BCUT2D eigenvalue weighted by atomic mass is 9.71. The van der Waals surface area contributed by atoms with E-state index in [0.29, 0.717) is 25.9 Å². The molecule has 4 nitrogen and oxygen atoms in total. The van der Waals surface area contributed by atoms with Crippen LogP contribution in [0, 0.1) is 30.6 Å². The quantitative estimate of drug-likeness (QED) is 0.392. The van der Waals surface area contributed by atoms with Gasteiger partial charge in [0.2, 0.25) is 0 Å². The van der Waals surface area contributed by atoms with Crippen molar-refractivity contribution in [3.05, 3.63) is 31.4 Å². The molecule has 0 heterocycles. The first-order valence-corrected chi connectivity index (χ1v) is 7.20. The third kappa shape index (κ3) is 4.02. The Bertz CT molecular complexity index is 427. The number of allylic oxidation sites excluding steroid dienone is 1. The van der Waals surface area contributed by atoms with Crippen molar-refractivity contribution >= 4 is 18.0 Å². The highest BCUT2D eigenvalue weighted by Gasteiger charge is 2.46. The van der Waals surface area contributed by atoms with E-state index < -0.39 is 11.4 Å². The fraction of sp³-hybridized carbons (Fsp3) is 0.529. The summed E-state index contributed by atoms with van der Waals surface area (Å²) in [7, 11) is 0. The zero-order valence-corrected chi connectivity index (χ0v) is 12.8. The van der Waals surface area contributed by atoms with E-state index in [0.717, 1.165) is 11.9 Å². The average molecular weight is 291 g/mol. The number of ether oxygens (including phenoxy) is 1. The molecule has 1 rings (SSSR count). The predicted molar refractivity (Wildman–Crippen MR) is 79.8 cm³/mol. The SMILES string of the molecule is [CH2][C]([CH]C[C@]1(C)C(=O)CC[C@H]1C(=C)CC=O)C(=O)OCC. The fourth-order valence-corrected chi connectivity index (χ4v) is 2.88. The summed E-state index contributed by atoms with van der Waals surface area (Å²) in [5.74, 6) is -0.0822. The Labute approximate surface area is 126 Å². The molecule has 0 aromatic heterocycles. The third-order valence-corrected chi connectivity index (χ3v) is 4.21. The molecule has 0 spiro atoms. The van der Waals surface area contributed by atoms with Crippen LogP contribution >= 0.6 is 0 Å². The van der Waals surface area contributed by atoms with Crippen LogP contribution in [0.3, 0.4) is 0 Å². The van der Waals surface area contributed by atoms with Crippen LogP contribution in [-0.2, 0) is 19.1 Å². The molecule has 1 aliphatic carbocycles. The van der Waals surface area contributed by atoms with Crippen molar-refractivity contribution in [3.8, 4) is 0 Å². The molecule has 0 bridgehead atoms. The normalized spacial score (nSPS) is 25.1. The summed E-state index contributed by atoms with van der Waals surface area (Å²) >= 11 is 0. The van der Waals surface area contributed by atoms with Crippen LogP contribution in [0.1, 0.15) is 39.5 Å². The van der Waals surface area contributed by atoms with Crippen LogP contribution in [0.4, 0.5) is 0 Å². The van der Waals surface area contributed by atoms with E-state index >= 15 is 0 Å². The van der Waals surface area contributed by atoms with Gasteiger partial charge in [0, 0.05) is 18.3 Å². The minimum Gasteiger partial charge on any atom is -0.466 e. The Kier molecular flexibility index (Phi) is 6.31. The standard InChI is InChI=1S/C17H23O4/c1-5-21-16(20)13(3)8-10-17(4)14(6-7-15(17)19)12(2)9-11-18/h8,11,14H,2-3,5-7,9-10H2,1,4H3/t14-,17-/m0/s1. The number of Topliss-reactive ketones (excluding diaryl/α,β-unsaturated/α-hetero) is 1. The third-order valence-electron chi connectivity index (χ3n) is 4.21. The van der Waals surface area contributed by atoms with Crippen LogP contribution in [0.2, 0.25) is 0 Å². The molecular weight excluding hydrogens is 268 g/mol. The maximum absolute atomic E-state index is 12.2. The molecule has 4 heteroatoms. The molecule has 1 saturated carbocycles. The molecule has 2 atom stereocenters. The second-order valence-corrected chi connectivity index (χ2v) is 5.61. The summed E-state index contributed by atoms with van der Waals surface area (Å²) in [5, 5.41) is 0. The van der Waals surface area contributed by atoms with E-state index in [-0.39, 0.29) is 24.0 Å². The number of carbonyl (C=O) groups excluding carboxylic acids is 3. The van der Waals surface area contributed by atoms with Gasteiger partial charge in [-0.1, -0.05) is 19.1 Å². The van der Waals surface area contributed by atoms with Crippen molar-refractivity contribution in [1.29, 1.82) is 0 Å². The smallest absolute Gasteiger partial charge is 0.313 e. The number of esters is 1. The van der Waals surface area contributed by atoms with Crippen LogP contribution in [0.5, 0.6) is 0 Å². The van der Waals surface area contributed by atoms with Gasteiger partial charge in [-0.05, 0) is 39.0 Å². The maximum Gasteiger partial charge on any atom is 0.313 e. The van der Waals surface area contributed by atoms with Gasteiger partial charge in [-0.3, -0.25) is 9.59 Å². The van der Waals surface area contributed by atoms with Gasteiger partial charge in [0.1, 0.15) is 12.1 Å². The van der Waals surface area contributed by atoms with Crippen molar-refractivity contribution in [1.82, 2.24) is 0 Å². The zero-order chi connectivity index (χ0) is 16.0. The van der Waals surface area contributed by atoms with Gasteiger partial charge in [-0.15, -0.1) is 0 Å². The summed E-state index contributed by atoms with van der Waals surface area (Å²) in [6.07, 6.45) is 4.34. The molecule has 3 radical (unpaired) electrons. The molecule has 0 unspecified atom stereocenters. The zero-order valence-electron chi connectivity index (χ0n) is 12.8. The lowest BCUT2D eigenvalue weighted by molar-refractivity contribution is -0.140. The van der Waals surface area contributed by atoms with Gasteiger partial charge in [0.25, 0.3) is 0 Å². The first-order chi connectivity index (χ1) is 9.86. The number of hydrogen-bond acceptors (Lipinski definition) is 4. The molecular formula is C17H23O4. The van der Waals surface area contributed by atoms with E-state index in [1.165, 1.54) is 0 Å². The minimum absolute atomic E-state index is 0.0264. The first kappa shape index (κ1) is 17.6. The Balaban J connectivity index is 2.72. The highest BCUT2D eigenvalue weighted by Crippen LogP contribution is 2.48. The Morgan fingerprint density at radius 2 is 2.19 bits per heavy atom. The number of aldehydes is 1. The first-order valence-electron chi connectivity index (χ1n) is 7.20. The van der Waals surface area contributed by atoms with E-state index in [4.69, 9.17) is 4.74 Å². The lowest BCUT2D eigenvalue weighted by Crippen LogP contribution is -2.31. The van der Waals surface area contributed by atoms with Gasteiger partial charge in [-0.25, -0.2) is 0 Å². The predicted octanol–water partition coefficient (Wildman–Crippen LogP) is 2.68. The van der Waals surface area contributed by atoms with E-state index in [1.807, 2.05) is 6.92 Å². The summed E-state index contributed by atoms with van der Waals surface area (Å²) in [4.78, 5) is 34.4. The molecule has 0 amide bonds. The van der Waals surface area contributed by atoms with Crippen molar-refractivity contribution in [2.75, 3.05) is 6.61 Å².